The summed E-state index contributed by atoms with van der Waals surface area (Å²) in [6.07, 6.45) is 3.96. The van der Waals surface area contributed by atoms with Crippen LogP contribution in [0.3, 0.4) is 0 Å². The van der Waals surface area contributed by atoms with Gasteiger partial charge in [0.25, 0.3) is 0 Å². The Hall–Kier alpha value is -2.05. The third kappa shape index (κ3) is 4.02. The van der Waals surface area contributed by atoms with Gasteiger partial charge in [-0.05, 0) is 55.0 Å². The lowest BCUT2D eigenvalue weighted by atomic mass is 9.86. The molecule has 0 saturated carbocycles. The van der Waals surface area contributed by atoms with Crippen molar-refractivity contribution in [2.45, 2.75) is 32.6 Å². The third-order valence-electron chi connectivity index (χ3n) is 4.66. The van der Waals surface area contributed by atoms with E-state index >= 15 is 0 Å². The van der Waals surface area contributed by atoms with Crippen LogP contribution in [0, 0.1) is 5.92 Å². The topological polar surface area (TPSA) is 67.4 Å². The number of esters is 1. The Labute approximate surface area is 161 Å². The normalized spacial score (nSPS) is 15.9. The SMILES string of the molecule is CC[C@@H]1CCc2c(sc(NC(=O)Nc3ccc(Cl)cc3)c2C(=O)OC)C1. The van der Waals surface area contributed by atoms with Crippen molar-refractivity contribution in [2.75, 3.05) is 17.7 Å². The number of amides is 2. The molecular formula is C19H21ClN2O3S. The van der Waals surface area contributed by atoms with E-state index in [1.54, 1.807) is 24.3 Å². The number of halogens is 1. The van der Waals surface area contributed by atoms with E-state index in [9.17, 15) is 9.59 Å². The maximum Gasteiger partial charge on any atom is 0.341 e. The number of thiophene rings is 1. The van der Waals surface area contributed by atoms with Crippen LogP contribution in [0.25, 0.3) is 0 Å². The number of benzene rings is 1. The highest BCUT2D eigenvalue weighted by molar-refractivity contribution is 7.17. The van der Waals surface area contributed by atoms with E-state index in [0.717, 1.165) is 31.2 Å². The van der Waals surface area contributed by atoms with Crippen LogP contribution in [-0.4, -0.2) is 19.1 Å². The maximum absolute atomic E-state index is 12.4. The second kappa shape index (κ2) is 8.10. The molecule has 0 radical (unpaired) electrons. The molecule has 1 heterocycles. The summed E-state index contributed by atoms with van der Waals surface area (Å²) in [5.41, 5.74) is 2.14. The Morgan fingerprint density at radius 3 is 2.65 bits per heavy atom. The van der Waals surface area contributed by atoms with Crippen LogP contribution < -0.4 is 10.6 Å². The van der Waals surface area contributed by atoms with Crippen LogP contribution in [0.4, 0.5) is 15.5 Å². The zero-order valence-electron chi connectivity index (χ0n) is 14.7. The molecule has 0 fully saturated rings. The highest BCUT2D eigenvalue weighted by Crippen LogP contribution is 2.40. The molecule has 2 N–H and O–H groups in total. The Morgan fingerprint density at radius 1 is 1.27 bits per heavy atom. The van der Waals surface area contributed by atoms with E-state index in [1.807, 2.05) is 0 Å². The van der Waals surface area contributed by atoms with Crippen LogP contribution in [0.15, 0.2) is 24.3 Å². The zero-order valence-corrected chi connectivity index (χ0v) is 16.3. The number of nitrogens with one attached hydrogen (secondary N) is 2. The van der Waals surface area contributed by atoms with Crippen molar-refractivity contribution in [1.29, 1.82) is 0 Å². The van der Waals surface area contributed by atoms with Gasteiger partial charge in [-0.1, -0.05) is 24.9 Å². The van der Waals surface area contributed by atoms with Gasteiger partial charge in [0.05, 0.1) is 12.7 Å². The molecule has 1 aromatic heterocycles. The molecule has 0 aliphatic heterocycles. The number of carbonyl (C=O) groups excluding carboxylic acids is 2. The standard InChI is InChI=1S/C19H21ClN2O3S/c1-3-11-4-9-14-15(10-11)26-17(16(14)18(23)25-2)22-19(24)21-13-7-5-12(20)6-8-13/h5-8,11H,3-4,9-10H2,1-2H3,(H2,21,22,24)/t11-/m1/s1. The predicted molar refractivity (Wildman–Crippen MR) is 106 cm³/mol. The van der Waals surface area contributed by atoms with Gasteiger partial charge in [-0.2, -0.15) is 0 Å². The van der Waals surface area contributed by atoms with E-state index in [0.29, 0.717) is 27.2 Å². The Bertz CT molecular complexity index is 817. The summed E-state index contributed by atoms with van der Waals surface area (Å²) in [6.45, 7) is 2.18. The number of carbonyl (C=O) groups is 2. The predicted octanol–water partition coefficient (Wildman–Crippen LogP) is 5.35. The number of ether oxygens (including phenoxy) is 1. The molecule has 1 atom stereocenters. The first-order chi connectivity index (χ1) is 12.5. The van der Waals surface area contributed by atoms with Crippen molar-refractivity contribution < 1.29 is 14.3 Å². The lowest BCUT2D eigenvalue weighted by Crippen LogP contribution is -2.20. The van der Waals surface area contributed by atoms with Crippen LogP contribution in [0.5, 0.6) is 0 Å². The monoisotopic (exact) mass is 392 g/mol. The third-order valence-corrected chi connectivity index (χ3v) is 6.09. The van der Waals surface area contributed by atoms with Gasteiger partial charge in [0.2, 0.25) is 0 Å². The Balaban J connectivity index is 1.82. The van der Waals surface area contributed by atoms with Crippen molar-refractivity contribution in [3.8, 4) is 0 Å². The first-order valence-electron chi connectivity index (χ1n) is 8.58. The van der Waals surface area contributed by atoms with E-state index < -0.39 is 12.0 Å². The zero-order chi connectivity index (χ0) is 18.7. The smallest absolute Gasteiger partial charge is 0.341 e. The minimum absolute atomic E-state index is 0.400. The number of fused-ring (bicyclic) bond motifs is 1. The molecule has 1 aliphatic carbocycles. The van der Waals surface area contributed by atoms with Crippen LogP contribution in [-0.2, 0) is 17.6 Å². The summed E-state index contributed by atoms with van der Waals surface area (Å²) in [5, 5.41) is 6.71. The molecule has 1 aliphatic rings. The largest absolute Gasteiger partial charge is 0.465 e. The van der Waals surface area contributed by atoms with E-state index in [2.05, 4.69) is 17.6 Å². The average Bonchev–Trinajstić information content (AvgIpc) is 2.99. The van der Waals surface area contributed by atoms with Gasteiger partial charge in [0, 0.05) is 15.6 Å². The molecule has 1 aromatic carbocycles. The van der Waals surface area contributed by atoms with Crippen molar-refractivity contribution >= 4 is 45.6 Å². The second-order valence-corrected chi connectivity index (χ2v) is 7.84. The molecule has 0 bridgehead atoms. The van der Waals surface area contributed by atoms with Gasteiger partial charge in [0.1, 0.15) is 5.00 Å². The summed E-state index contributed by atoms with van der Waals surface area (Å²) in [5.74, 6) is 0.224. The summed E-state index contributed by atoms with van der Waals surface area (Å²) in [4.78, 5) is 25.8. The molecule has 26 heavy (non-hydrogen) atoms. The van der Waals surface area contributed by atoms with Crippen LogP contribution >= 0.6 is 22.9 Å². The van der Waals surface area contributed by atoms with E-state index in [4.69, 9.17) is 16.3 Å². The molecule has 5 nitrogen and oxygen atoms in total. The lowest BCUT2D eigenvalue weighted by molar-refractivity contribution is 0.0601. The first-order valence-corrected chi connectivity index (χ1v) is 9.77. The number of urea groups is 1. The van der Waals surface area contributed by atoms with Crippen LogP contribution in [0.2, 0.25) is 5.02 Å². The quantitative estimate of drug-likeness (QED) is 0.689. The molecule has 3 rings (SSSR count). The number of hydrogen-bond donors (Lipinski definition) is 2. The molecule has 2 amide bonds. The fourth-order valence-electron chi connectivity index (χ4n) is 3.21. The Kier molecular flexibility index (Phi) is 5.84. The number of hydrogen-bond acceptors (Lipinski definition) is 4. The molecular weight excluding hydrogens is 372 g/mol. The number of anilines is 2. The Morgan fingerprint density at radius 2 is 2.00 bits per heavy atom. The van der Waals surface area contributed by atoms with Crippen molar-refractivity contribution in [2.24, 2.45) is 5.92 Å². The summed E-state index contributed by atoms with van der Waals surface area (Å²) < 4.78 is 4.95. The minimum Gasteiger partial charge on any atom is -0.465 e. The van der Waals surface area contributed by atoms with Crippen molar-refractivity contribution in [3.05, 3.63) is 45.3 Å². The molecule has 2 aromatic rings. The molecule has 0 saturated heterocycles. The molecule has 7 heteroatoms. The van der Waals surface area contributed by atoms with Gasteiger partial charge in [-0.3, -0.25) is 5.32 Å². The van der Waals surface area contributed by atoms with Gasteiger partial charge < -0.3 is 10.1 Å². The number of methoxy groups -OCH3 is 1. The maximum atomic E-state index is 12.4. The van der Waals surface area contributed by atoms with Crippen LogP contribution in [0.1, 0.15) is 40.6 Å². The van der Waals surface area contributed by atoms with Gasteiger partial charge >= 0.3 is 12.0 Å². The lowest BCUT2D eigenvalue weighted by Gasteiger charge is -2.20. The van der Waals surface area contributed by atoms with Crippen molar-refractivity contribution in [3.63, 3.8) is 0 Å². The van der Waals surface area contributed by atoms with E-state index in [1.165, 1.54) is 23.3 Å². The summed E-state index contributed by atoms with van der Waals surface area (Å²) in [6, 6.07) is 6.43. The summed E-state index contributed by atoms with van der Waals surface area (Å²) in [7, 11) is 1.36. The van der Waals surface area contributed by atoms with E-state index in [-0.39, 0.29) is 0 Å². The van der Waals surface area contributed by atoms with Gasteiger partial charge in [0.15, 0.2) is 0 Å². The highest BCUT2D eigenvalue weighted by atomic mass is 35.5. The van der Waals surface area contributed by atoms with Crippen molar-refractivity contribution in [1.82, 2.24) is 0 Å². The molecule has 0 unspecified atom stereocenters. The van der Waals surface area contributed by atoms with Gasteiger partial charge in [-0.15, -0.1) is 11.3 Å². The van der Waals surface area contributed by atoms with Gasteiger partial charge in [-0.25, -0.2) is 9.59 Å². The number of rotatable bonds is 4. The minimum atomic E-state index is -0.403. The average molecular weight is 393 g/mol. The first kappa shape index (κ1) is 18.7. The molecule has 0 spiro atoms. The second-order valence-electron chi connectivity index (χ2n) is 6.30. The molecule has 138 valence electrons. The summed E-state index contributed by atoms with van der Waals surface area (Å²) >= 11 is 7.33. The fourth-order valence-corrected chi connectivity index (χ4v) is 4.68. The highest BCUT2D eigenvalue weighted by Gasteiger charge is 2.29. The fraction of sp³-hybridized carbons (Fsp3) is 0.368.